The van der Waals surface area contributed by atoms with Gasteiger partial charge in [0.2, 0.25) is 0 Å². The molecule has 0 aliphatic carbocycles. The Hall–Kier alpha value is -2.06. The molecule has 1 atom stereocenters. The van der Waals surface area contributed by atoms with Gasteiger partial charge in [0.15, 0.2) is 0 Å². The smallest absolute Gasteiger partial charge is 0.348 e. The number of nitrogens with one attached hydrogen (secondary N) is 1. The van der Waals surface area contributed by atoms with Gasteiger partial charge in [0, 0.05) is 34.1 Å². The highest BCUT2D eigenvalue weighted by Crippen LogP contribution is 2.32. The van der Waals surface area contributed by atoms with Crippen LogP contribution in [0.5, 0.6) is 0 Å². The molecule has 2 aromatic rings. The summed E-state index contributed by atoms with van der Waals surface area (Å²) in [5, 5.41) is 3.15. The lowest BCUT2D eigenvalue weighted by atomic mass is 9.84. The molecule has 3 aliphatic heterocycles. The summed E-state index contributed by atoms with van der Waals surface area (Å²) in [6.45, 7) is 3.18. The molecule has 1 N–H and O–H groups in total. The summed E-state index contributed by atoms with van der Waals surface area (Å²) < 4.78 is 37.7. The topological polar surface area (TPSA) is 45.2 Å². The van der Waals surface area contributed by atoms with Gasteiger partial charge < -0.3 is 10.2 Å². The number of fused-ring (bicyclic) bond motifs is 3. The van der Waals surface area contributed by atoms with E-state index in [1.165, 1.54) is 24.0 Å². The third-order valence-corrected chi connectivity index (χ3v) is 6.34. The van der Waals surface area contributed by atoms with E-state index in [2.05, 4.69) is 15.2 Å². The number of pyridine rings is 1. The standard InChI is InChI=1S/C20H20F3N3OS/c21-20(22,23)18-6-5-16(11-24-18)28-15-3-1-14(2-4-15)19(27)25-17-12-26-9-7-13(17)8-10-26/h1-6,11,13,17H,7-10,12H2,(H,25,27)/t17-/m0/s1. The first-order valence-corrected chi connectivity index (χ1v) is 10.0. The highest BCUT2D eigenvalue weighted by atomic mass is 32.2. The van der Waals surface area contributed by atoms with Crippen molar-refractivity contribution in [3.8, 4) is 0 Å². The van der Waals surface area contributed by atoms with Crippen LogP contribution in [0.2, 0.25) is 0 Å². The maximum absolute atomic E-state index is 12.6. The van der Waals surface area contributed by atoms with Gasteiger partial charge in [0.1, 0.15) is 5.69 Å². The van der Waals surface area contributed by atoms with Gasteiger partial charge in [-0.15, -0.1) is 0 Å². The van der Waals surface area contributed by atoms with Crippen LogP contribution in [-0.4, -0.2) is 41.5 Å². The quantitative estimate of drug-likeness (QED) is 0.830. The summed E-state index contributed by atoms with van der Waals surface area (Å²) in [5.41, 5.74) is -0.317. The Morgan fingerprint density at radius 2 is 1.75 bits per heavy atom. The van der Waals surface area contributed by atoms with Crippen LogP contribution in [0.3, 0.4) is 0 Å². The zero-order chi connectivity index (χ0) is 19.7. The SMILES string of the molecule is O=C(N[C@H]1CN2CCC1CC2)c1ccc(Sc2ccc(C(F)(F)F)nc2)cc1. The summed E-state index contributed by atoms with van der Waals surface area (Å²) in [6, 6.07) is 9.67. The molecule has 1 aromatic carbocycles. The molecular weight excluding hydrogens is 387 g/mol. The Labute approximate surface area is 165 Å². The van der Waals surface area contributed by atoms with Gasteiger partial charge in [-0.05, 0) is 68.2 Å². The third-order valence-electron chi connectivity index (χ3n) is 5.35. The van der Waals surface area contributed by atoms with E-state index in [4.69, 9.17) is 0 Å². The van der Waals surface area contributed by atoms with E-state index in [0.717, 1.165) is 43.4 Å². The lowest BCUT2D eigenvalue weighted by Gasteiger charge is -2.44. The number of benzene rings is 1. The van der Waals surface area contributed by atoms with Crippen LogP contribution in [0.1, 0.15) is 28.9 Å². The maximum Gasteiger partial charge on any atom is 0.433 e. The number of hydrogen-bond donors (Lipinski definition) is 1. The molecule has 1 amide bonds. The second kappa shape index (κ2) is 7.75. The van der Waals surface area contributed by atoms with Crippen molar-refractivity contribution in [3.05, 3.63) is 53.9 Å². The number of halogens is 3. The summed E-state index contributed by atoms with van der Waals surface area (Å²) in [5.74, 6) is 0.488. The molecule has 0 spiro atoms. The summed E-state index contributed by atoms with van der Waals surface area (Å²) in [7, 11) is 0. The minimum atomic E-state index is -4.44. The summed E-state index contributed by atoms with van der Waals surface area (Å²) in [6.07, 6.45) is -0.946. The van der Waals surface area contributed by atoms with E-state index in [-0.39, 0.29) is 11.9 Å². The zero-order valence-electron chi connectivity index (χ0n) is 15.1. The average molecular weight is 407 g/mol. The number of alkyl halides is 3. The minimum Gasteiger partial charge on any atom is -0.348 e. The highest BCUT2D eigenvalue weighted by molar-refractivity contribution is 7.99. The number of nitrogens with zero attached hydrogens (tertiary/aromatic N) is 2. The second-order valence-corrected chi connectivity index (χ2v) is 8.37. The van der Waals surface area contributed by atoms with Crippen molar-refractivity contribution < 1.29 is 18.0 Å². The van der Waals surface area contributed by atoms with E-state index in [0.29, 0.717) is 16.4 Å². The molecular formula is C20H20F3N3OS. The van der Waals surface area contributed by atoms with Crippen LogP contribution in [-0.2, 0) is 6.18 Å². The van der Waals surface area contributed by atoms with Gasteiger partial charge >= 0.3 is 6.18 Å². The van der Waals surface area contributed by atoms with Gasteiger partial charge in [0.05, 0.1) is 0 Å². The van der Waals surface area contributed by atoms with E-state index < -0.39 is 11.9 Å². The normalized spacial score (nSPS) is 24.2. The monoisotopic (exact) mass is 407 g/mol. The van der Waals surface area contributed by atoms with Crippen molar-refractivity contribution in [1.29, 1.82) is 0 Å². The first kappa shape index (κ1) is 19.3. The largest absolute Gasteiger partial charge is 0.433 e. The molecule has 3 fully saturated rings. The molecule has 5 rings (SSSR count). The zero-order valence-corrected chi connectivity index (χ0v) is 15.9. The first-order valence-electron chi connectivity index (χ1n) is 9.23. The van der Waals surface area contributed by atoms with E-state index >= 15 is 0 Å². The van der Waals surface area contributed by atoms with Crippen LogP contribution in [0.4, 0.5) is 13.2 Å². The number of carbonyl (C=O) groups excluding carboxylic acids is 1. The fourth-order valence-corrected chi connectivity index (χ4v) is 4.58. The highest BCUT2D eigenvalue weighted by Gasteiger charge is 2.35. The van der Waals surface area contributed by atoms with Gasteiger partial charge in [-0.2, -0.15) is 13.2 Å². The molecule has 3 aliphatic rings. The molecule has 0 radical (unpaired) electrons. The summed E-state index contributed by atoms with van der Waals surface area (Å²) in [4.78, 5) is 19.8. The Balaban J connectivity index is 1.36. The fourth-order valence-electron chi connectivity index (χ4n) is 3.80. The maximum atomic E-state index is 12.6. The Morgan fingerprint density at radius 3 is 2.29 bits per heavy atom. The number of amides is 1. The average Bonchev–Trinajstić information content (AvgIpc) is 2.69. The number of hydrogen-bond acceptors (Lipinski definition) is 4. The molecule has 1 aromatic heterocycles. The van der Waals surface area contributed by atoms with Crippen molar-refractivity contribution in [1.82, 2.24) is 15.2 Å². The lowest BCUT2D eigenvalue weighted by molar-refractivity contribution is -0.141. The van der Waals surface area contributed by atoms with Crippen LogP contribution in [0.15, 0.2) is 52.4 Å². The molecule has 2 bridgehead atoms. The number of piperidine rings is 3. The van der Waals surface area contributed by atoms with Gasteiger partial charge in [-0.25, -0.2) is 0 Å². The van der Waals surface area contributed by atoms with Crippen LogP contribution in [0.25, 0.3) is 0 Å². The Bertz CT molecular complexity index is 831. The van der Waals surface area contributed by atoms with Crippen molar-refractivity contribution in [3.63, 3.8) is 0 Å². The lowest BCUT2D eigenvalue weighted by Crippen LogP contribution is -2.57. The number of carbonyl (C=O) groups is 1. The summed E-state index contributed by atoms with van der Waals surface area (Å²) >= 11 is 1.30. The van der Waals surface area contributed by atoms with Crippen molar-refractivity contribution in [2.75, 3.05) is 19.6 Å². The van der Waals surface area contributed by atoms with Crippen LogP contribution < -0.4 is 5.32 Å². The van der Waals surface area contributed by atoms with E-state index in [9.17, 15) is 18.0 Å². The number of rotatable bonds is 4. The van der Waals surface area contributed by atoms with Crippen LogP contribution >= 0.6 is 11.8 Å². The van der Waals surface area contributed by atoms with E-state index in [1.807, 2.05) is 0 Å². The van der Waals surface area contributed by atoms with Gasteiger partial charge in [-0.1, -0.05) is 11.8 Å². The molecule has 4 heterocycles. The Morgan fingerprint density at radius 1 is 1.07 bits per heavy atom. The second-order valence-electron chi connectivity index (χ2n) is 7.22. The minimum absolute atomic E-state index is 0.0773. The predicted octanol–water partition coefficient (Wildman–Crippen LogP) is 4.08. The Kier molecular flexibility index (Phi) is 5.33. The predicted molar refractivity (Wildman–Crippen MR) is 100 cm³/mol. The van der Waals surface area contributed by atoms with Crippen molar-refractivity contribution >= 4 is 17.7 Å². The van der Waals surface area contributed by atoms with E-state index in [1.54, 1.807) is 24.3 Å². The molecule has 0 saturated carbocycles. The van der Waals surface area contributed by atoms with Gasteiger partial charge in [-0.3, -0.25) is 9.78 Å². The molecule has 4 nitrogen and oxygen atoms in total. The molecule has 3 saturated heterocycles. The number of aromatic nitrogens is 1. The van der Waals surface area contributed by atoms with Crippen molar-refractivity contribution in [2.24, 2.45) is 5.92 Å². The fraction of sp³-hybridized carbons (Fsp3) is 0.400. The van der Waals surface area contributed by atoms with Crippen LogP contribution in [0, 0.1) is 5.92 Å². The van der Waals surface area contributed by atoms with Crippen molar-refractivity contribution in [2.45, 2.75) is 34.9 Å². The molecule has 28 heavy (non-hydrogen) atoms. The molecule has 148 valence electrons. The molecule has 8 heteroatoms. The third kappa shape index (κ3) is 4.33. The first-order chi connectivity index (χ1) is 13.4. The molecule has 0 unspecified atom stereocenters. The van der Waals surface area contributed by atoms with Gasteiger partial charge in [0.25, 0.3) is 5.91 Å².